The highest BCUT2D eigenvalue weighted by molar-refractivity contribution is 5.67. The molecule has 1 aromatic heterocycles. The molecule has 0 saturated carbocycles. The molecule has 0 saturated heterocycles. The fourth-order valence-corrected chi connectivity index (χ4v) is 5.46. The summed E-state index contributed by atoms with van der Waals surface area (Å²) in [4.78, 5) is 38.8. The summed E-state index contributed by atoms with van der Waals surface area (Å²) in [6, 6.07) is 15.8. The van der Waals surface area contributed by atoms with E-state index in [9.17, 15) is 31.9 Å². The summed E-state index contributed by atoms with van der Waals surface area (Å²) in [7, 11) is 0. The molecule has 0 amide bonds. The van der Waals surface area contributed by atoms with Gasteiger partial charge in [0.1, 0.15) is 11.6 Å². The van der Waals surface area contributed by atoms with Crippen LogP contribution in [0.15, 0.2) is 76.3 Å². The van der Waals surface area contributed by atoms with Gasteiger partial charge in [-0.3, -0.25) is 18.7 Å². The van der Waals surface area contributed by atoms with Gasteiger partial charge in [0.25, 0.3) is 5.56 Å². The zero-order chi connectivity index (χ0) is 34.5. The van der Waals surface area contributed by atoms with Crippen LogP contribution >= 0.6 is 0 Å². The van der Waals surface area contributed by atoms with Crippen molar-refractivity contribution >= 4 is 5.97 Å². The van der Waals surface area contributed by atoms with Gasteiger partial charge in [0, 0.05) is 35.8 Å². The number of carboxylic acid groups (broad SMARTS) is 1. The molecule has 4 aromatic rings. The molecule has 1 atom stereocenters. The molecular formula is C35H37F4N3O5. The van der Waals surface area contributed by atoms with Crippen LogP contribution in [0.25, 0.3) is 11.1 Å². The fourth-order valence-electron chi connectivity index (χ4n) is 5.46. The number of benzene rings is 3. The molecule has 0 aliphatic carbocycles. The fraction of sp³-hybridized carbons (Fsp3) is 0.343. The first-order chi connectivity index (χ1) is 22.2. The maximum Gasteiger partial charge on any atom is 0.416 e. The number of aromatic nitrogens is 2. The second-order valence-electron chi connectivity index (χ2n) is 11.6. The highest BCUT2D eigenvalue weighted by atomic mass is 19.4. The summed E-state index contributed by atoms with van der Waals surface area (Å²) in [6.07, 6.45) is -4.62. The Balaban J connectivity index is 1.79. The van der Waals surface area contributed by atoms with Gasteiger partial charge in [-0.15, -0.1) is 0 Å². The summed E-state index contributed by atoms with van der Waals surface area (Å²) in [5.74, 6) is -1.56. The molecule has 250 valence electrons. The zero-order valence-corrected chi connectivity index (χ0v) is 26.3. The van der Waals surface area contributed by atoms with Crippen LogP contribution < -0.4 is 21.7 Å². The molecule has 0 radical (unpaired) electrons. The lowest BCUT2D eigenvalue weighted by molar-refractivity contribution is -0.139. The van der Waals surface area contributed by atoms with Gasteiger partial charge in [-0.05, 0) is 55.0 Å². The third-order valence-corrected chi connectivity index (χ3v) is 8.04. The average Bonchev–Trinajstić information content (AvgIpc) is 3.01. The molecule has 0 unspecified atom stereocenters. The maximum absolute atomic E-state index is 15.0. The molecular weight excluding hydrogens is 618 g/mol. The van der Waals surface area contributed by atoms with Crippen LogP contribution in [0.3, 0.4) is 0 Å². The van der Waals surface area contributed by atoms with Crippen LogP contribution in [0.5, 0.6) is 5.75 Å². The quantitative estimate of drug-likeness (QED) is 0.123. The maximum atomic E-state index is 15.0. The lowest BCUT2D eigenvalue weighted by Gasteiger charge is -2.21. The van der Waals surface area contributed by atoms with Crippen molar-refractivity contribution < 1.29 is 32.2 Å². The normalized spacial score (nSPS) is 12.4. The zero-order valence-electron chi connectivity index (χ0n) is 26.3. The first kappa shape index (κ1) is 35.1. The lowest BCUT2D eigenvalue weighted by atomic mass is 9.97. The first-order valence-corrected chi connectivity index (χ1v) is 15.2. The van der Waals surface area contributed by atoms with Crippen LogP contribution in [0, 0.1) is 12.7 Å². The van der Waals surface area contributed by atoms with Gasteiger partial charge in [-0.1, -0.05) is 62.4 Å². The van der Waals surface area contributed by atoms with Crippen LogP contribution in [-0.2, 0) is 24.1 Å². The molecule has 3 N–H and O–H groups in total. The van der Waals surface area contributed by atoms with Crippen molar-refractivity contribution in [2.24, 2.45) is 5.73 Å². The number of halogens is 4. The van der Waals surface area contributed by atoms with E-state index in [1.807, 2.05) is 19.9 Å². The molecule has 12 heteroatoms. The average molecular weight is 656 g/mol. The van der Waals surface area contributed by atoms with Crippen molar-refractivity contribution in [3.8, 4) is 16.9 Å². The number of ether oxygens (including phenoxy) is 1. The largest absolute Gasteiger partial charge is 0.493 e. The second-order valence-corrected chi connectivity index (χ2v) is 11.6. The molecule has 0 aliphatic heterocycles. The first-order valence-electron chi connectivity index (χ1n) is 15.2. The Morgan fingerprint density at radius 1 is 1.00 bits per heavy atom. The number of carboxylic acids is 1. The second kappa shape index (κ2) is 14.8. The lowest BCUT2D eigenvalue weighted by Crippen LogP contribution is -2.43. The number of aliphatic carboxylic acids is 1. The number of hydrogen-bond acceptors (Lipinski definition) is 5. The van der Waals surface area contributed by atoms with Crippen LogP contribution in [-0.4, -0.2) is 26.8 Å². The van der Waals surface area contributed by atoms with Crippen molar-refractivity contribution in [2.45, 2.75) is 71.3 Å². The van der Waals surface area contributed by atoms with Gasteiger partial charge >= 0.3 is 17.8 Å². The minimum atomic E-state index is -4.88. The van der Waals surface area contributed by atoms with Gasteiger partial charge in [0.15, 0.2) is 0 Å². The van der Waals surface area contributed by atoms with Crippen LogP contribution in [0.4, 0.5) is 17.6 Å². The Morgan fingerprint density at radius 3 is 2.38 bits per heavy atom. The number of nitrogens with two attached hydrogens (primary N) is 1. The topological polar surface area (TPSA) is 117 Å². The van der Waals surface area contributed by atoms with Gasteiger partial charge in [-0.25, -0.2) is 9.18 Å². The number of alkyl halides is 3. The van der Waals surface area contributed by atoms with Crippen molar-refractivity contribution in [3.63, 3.8) is 0 Å². The third-order valence-electron chi connectivity index (χ3n) is 8.04. The minimum Gasteiger partial charge on any atom is -0.493 e. The van der Waals surface area contributed by atoms with E-state index >= 15 is 0 Å². The highest BCUT2D eigenvalue weighted by Crippen LogP contribution is 2.34. The molecule has 4 rings (SSSR count). The van der Waals surface area contributed by atoms with Crippen molar-refractivity contribution in [2.75, 3.05) is 6.61 Å². The van der Waals surface area contributed by atoms with Gasteiger partial charge in [0.2, 0.25) is 0 Å². The molecule has 0 bridgehead atoms. The molecule has 8 nitrogen and oxygen atoms in total. The Kier molecular flexibility index (Phi) is 11.1. The monoisotopic (exact) mass is 655 g/mol. The van der Waals surface area contributed by atoms with Crippen molar-refractivity contribution in [1.29, 1.82) is 0 Å². The van der Waals surface area contributed by atoms with E-state index in [1.165, 1.54) is 6.92 Å². The van der Waals surface area contributed by atoms with E-state index in [-0.39, 0.29) is 49.6 Å². The Hall–Kier alpha value is -4.71. The van der Waals surface area contributed by atoms with Gasteiger partial charge < -0.3 is 15.6 Å². The van der Waals surface area contributed by atoms with E-state index < -0.39 is 52.9 Å². The number of rotatable bonds is 13. The van der Waals surface area contributed by atoms with Crippen LogP contribution in [0.1, 0.15) is 73.0 Å². The molecule has 0 aliphatic rings. The van der Waals surface area contributed by atoms with E-state index in [0.717, 1.165) is 32.9 Å². The summed E-state index contributed by atoms with van der Waals surface area (Å²) in [5, 5.41) is 8.89. The molecule has 47 heavy (non-hydrogen) atoms. The molecule has 0 spiro atoms. The van der Waals surface area contributed by atoms with Gasteiger partial charge in [0.05, 0.1) is 24.3 Å². The molecule has 0 fully saturated rings. The van der Waals surface area contributed by atoms with E-state index in [4.69, 9.17) is 15.6 Å². The van der Waals surface area contributed by atoms with E-state index in [0.29, 0.717) is 16.9 Å². The summed E-state index contributed by atoms with van der Waals surface area (Å²) in [5.41, 5.74) is 5.15. The number of nitrogens with zero attached hydrogens (tertiary/aromatic N) is 2. The smallest absolute Gasteiger partial charge is 0.416 e. The summed E-state index contributed by atoms with van der Waals surface area (Å²) >= 11 is 0. The van der Waals surface area contributed by atoms with E-state index in [2.05, 4.69) is 0 Å². The summed E-state index contributed by atoms with van der Waals surface area (Å²) in [6.45, 7) is 4.57. The Morgan fingerprint density at radius 2 is 1.70 bits per heavy atom. The highest BCUT2D eigenvalue weighted by Gasteiger charge is 2.35. The molecule has 1 heterocycles. The van der Waals surface area contributed by atoms with Crippen molar-refractivity contribution in [1.82, 2.24) is 9.13 Å². The third kappa shape index (κ3) is 8.18. The standard InChI is InChI=1S/C35H37F4N3O5/c1-21(2)23-9-6-10-24(19-23)32-22(3)42(20-26-27(35(37,38)39)12-7-13-28(26)36)34(46)41(33(32)45)17-16-29(40)25-11-4-5-14-30(25)47-18-8-15-31(43)44/h4-7,9-14,19,21,29H,8,15-18,20,40H2,1-3H3,(H,43,44)/t29-/m0/s1. The van der Waals surface area contributed by atoms with Gasteiger partial charge in [-0.2, -0.15) is 13.2 Å². The Labute approximate surface area is 269 Å². The summed E-state index contributed by atoms with van der Waals surface area (Å²) < 4.78 is 64.4. The van der Waals surface area contributed by atoms with Crippen LogP contribution in [0.2, 0.25) is 0 Å². The minimum absolute atomic E-state index is 0.0622. The SMILES string of the molecule is Cc1c(-c2cccc(C(C)C)c2)c(=O)n(CC[C@H](N)c2ccccc2OCCCC(=O)O)c(=O)n1Cc1c(F)cccc1C(F)(F)F. The number of para-hydroxylation sites is 1. The number of hydrogen-bond donors (Lipinski definition) is 2. The van der Waals surface area contributed by atoms with Crippen molar-refractivity contribution in [3.05, 3.63) is 121 Å². The van der Waals surface area contributed by atoms with E-state index in [1.54, 1.807) is 42.5 Å². The predicted octanol–water partition coefficient (Wildman–Crippen LogP) is 6.65. The number of carbonyl (C=O) groups is 1. The predicted molar refractivity (Wildman–Crippen MR) is 170 cm³/mol. The molecule has 3 aromatic carbocycles. The Bertz CT molecular complexity index is 1860.